The third kappa shape index (κ3) is 6.31. The highest BCUT2D eigenvalue weighted by molar-refractivity contribution is 6.23. The predicted octanol–water partition coefficient (Wildman–Crippen LogP) is 19.0. The summed E-state index contributed by atoms with van der Waals surface area (Å²) in [4.78, 5) is 4.90. The van der Waals surface area contributed by atoms with Gasteiger partial charge in [-0.3, -0.25) is 0 Å². The van der Waals surface area contributed by atoms with Crippen LogP contribution in [0.1, 0.15) is 96.6 Å². The molecule has 3 aliphatic rings. The minimum atomic E-state index is -0.823. The molecule has 4 heteroatoms. The van der Waals surface area contributed by atoms with Crippen molar-refractivity contribution in [1.82, 2.24) is 0 Å². The Balaban J connectivity index is 1.19. The SMILES string of the molecule is CC(C)c1ccc(N(c2ccccc2)c2cc3c(c4c2oc2ccccc24)-c2c(cc(N(c4ccccc4)c4ccc(C(C)C)cc4)c4c5c(oc24)C=CC2CC52)C3(c2ccccc2)c2ccccc2)cc1. The van der Waals surface area contributed by atoms with Crippen LogP contribution < -0.4 is 9.80 Å². The second-order valence-electron chi connectivity index (χ2n) is 20.7. The van der Waals surface area contributed by atoms with Crippen LogP contribution in [-0.4, -0.2) is 0 Å². The summed E-state index contributed by atoms with van der Waals surface area (Å²) in [6, 6.07) is 76.1. The van der Waals surface area contributed by atoms with Crippen LogP contribution in [0, 0.1) is 5.92 Å². The number of allylic oxidation sites excluding steroid dienone is 1. The number of rotatable bonds is 10. The van der Waals surface area contributed by atoms with Crippen molar-refractivity contribution in [3.05, 3.63) is 257 Å². The van der Waals surface area contributed by atoms with E-state index in [2.05, 4.69) is 256 Å². The number of fused-ring (bicyclic) bond motifs is 13. The van der Waals surface area contributed by atoms with Crippen LogP contribution in [0.5, 0.6) is 0 Å². The first kappa shape index (κ1) is 42.5. The van der Waals surface area contributed by atoms with Gasteiger partial charge in [-0.05, 0) is 136 Å². The standard InChI is InChI=1S/C68H54N2O2/c1-42(2)44-29-34-51(35-30-44)69(49-23-13-7-14-24-49)57-40-56-64(67-65(57)61-54-39-46(54)33-38-60(61)72-67)63-55(68(56,47-19-9-5-10-20-47)48-21-11-6-12-22-48)41-58(66-62(63)53-27-17-18-28-59(53)71-66)70(50-25-15-8-16-26-50)52-36-31-45(32-37-52)43(3)4/h5-38,40-43,46,54H,39H2,1-4H3. The van der Waals surface area contributed by atoms with Gasteiger partial charge in [0, 0.05) is 55.6 Å². The second kappa shape index (κ2) is 16.4. The van der Waals surface area contributed by atoms with Crippen molar-refractivity contribution in [2.24, 2.45) is 5.92 Å². The van der Waals surface area contributed by atoms with Crippen LogP contribution in [0.3, 0.4) is 0 Å². The minimum absolute atomic E-state index is 0.386. The lowest BCUT2D eigenvalue weighted by Crippen LogP contribution is -2.29. The van der Waals surface area contributed by atoms with Crippen LogP contribution >= 0.6 is 0 Å². The van der Waals surface area contributed by atoms with Crippen molar-refractivity contribution in [2.45, 2.75) is 57.3 Å². The molecule has 0 amide bonds. The molecule has 11 aromatic rings. The quantitative estimate of drug-likeness (QED) is 0.137. The van der Waals surface area contributed by atoms with Gasteiger partial charge in [-0.2, -0.15) is 0 Å². The zero-order chi connectivity index (χ0) is 48.2. The van der Waals surface area contributed by atoms with E-state index in [-0.39, 0.29) is 0 Å². The summed E-state index contributed by atoms with van der Waals surface area (Å²) in [5.74, 6) is 2.65. The molecule has 3 aliphatic carbocycles. The van der Waals surface area contributed by atoms with Gasteiger partial charge >= 0.3 is 0 Å². The molecule has 72 heavy (non-hydrogen) atoms. The van der Waals surface area contributed by atoms with Gasteiger partial charge in [0.1, 0.15) is 16.9 Å². The van der Waals surface area contributed by atoms with Crippen LogP contribution in [-0.2, 0) is 5.41 Å². The molecule has 0 spiro atoms. The van der Waals surface area contributed by atoms with Gasteiger partial charge in [-0.15, -0.1) is 0 Å². The Labute approximate surface area is 421 Å². The minimum Gasteiger partial charge on any atom is -0.456 e. The lowest BCUT2D eigenvalue weighted by molar-refractivity contribution is 0.596. The largest absolute Gasteiger partial charge is 0.456 e. The van der Waals surface area contributed by atoms with Crippen molar-refractivity contribution in [3.63, 3.8) is 0 Å². The first-order chi connectivity index (χ1) is 35.4. The third-order valence-corrected chi connectivity index (χ3v) is 16.0. The monoisotopic (exact) mass is 930 g/mol. The fraction of sp³-hybridized carbons (Fsp3) is 0.147. The highest BCUT2D eigenvalue weighted by atomic mass is 16.3. The molecule has 0 saturated heterocycles. The summed E-state index contributed by atoms with van der Waals surface area (Å²) in [6.45, 7) is 9.04. The van der Waals surface area contributed by atoms with Crippen molar-refractivity contribution in [3.8, 4) is 11.1 Å². The molecule has 0 N–H and O–H groups in total. The Bertz CT molecular complexity index is 3850. The zero-order valence-corrected chi connectivity index (χ0v) is 41.0. The van der Waals surface area contributed by atoms with Gasteiger partial charge in [0.2, 0.25) is 0 Å². The number of nitrogens with zero attached hydrogens (tertiary/aromatic N) is 2. The number of para-hydroxylation sites is 3. The van der Waals surface area contributed by atoms with Crippen LogP contribution in [0.25, 0.3) is 50.1 Å². The normalized spacial score (nSPS) is 16.0. The summed E-state index contributed by atoms with van der Waals surface area (Å²) in [6.07, 6.45) is 5.75. The lowest BCUT2D eigenvalue weighted by Gasteiger charge is -2.36. The maximum atomic E-state index is 7.60. The first-order valence-electron chi connectivity index (χ1n) is 25.7. The number of furan rings is 2. The highest BCUT2D eigenvalue weighted by Gasteiger charge is 2.52. The van der Waals surface area contributed by atoms with E-state index in [9.17, 15) is 0 Å². The number of benzene rings is 9. The molecule has 1 saturated carbocycles. The van der Waals surface area contributed by atoms with Crippen molar-refractivity contribution in [1.29, 1.82) is 0 Å². The summed E-state index contributed by atoms with van der Waals surface area (Å²) in [5.41, 5.74) is 19.1. The van der Waals surface area contributed by atoms with E-state index < -0.39 is 5.41 Å². The van der Waals surface area contributed by atoms with E-state index in [0.29, 0.717) is 23.7 Å². The highest BCUT2D eigenvalue weighted by Crippen LogP contribution is 2.66. The van der Waals surface area contributed by atoms with E-state index in [1.165, 1.54) is 44.3 Å². The lowest BCUT2D eigenvalue weighted by atomic mass is 9.67. The second-order valence-corrected chi connectivity index (χ2v) is 20.7. The molecular weight excluding hydrogens is 877 g/mol. The molecule has 0 aliphatic heterocycles. The van der Waals surface area contributed by atoms with E-state index in [1.54, 1.807) is 0 Å². The maximum Gasteiger partial charge on any atom is 0.160 e. The van der Waals surface area contributed by atoms with Gasteiger partial charge < -0.3 is 18.6 Å². The molecule has 1 fully saturated rings. The van der Waals surface area contributed by atoms with E-state index in [0.717, 1.165) is 85.0 Å². The van der Waals surface area contributed by atoms with Crippen molar-refractivity contribution < 1.29 is 8.83 Å². The van der Waals surface area contributed by atoms with E-state index in [4.69, 9.17) is 8.83 Å². The number of hydrogen-bond acceptors (Lipinski definition) is 4. The van der Waals surface area contributed by atoms with Gasteiger partial charge in [-0.1, -0.05) is 173 Å². The molecule has 9 aromatic carbocycles. The summed E-state index contributed by atoms with van der Waals surface area (Å²) < 4.78 is 14.9. The molecule has 2 unspecified atom stereocenters. The Morgan fingerprint density at radius 3 is 1.53 bits per heavy atom. The summed E-state index contributed by atoms with van der Waals surface area (Å²) in [5, 5.41) is 3.34. The number of hydrogen-bond donors (Lipinski definition) is 0. The molecule has 2 atom stereocenters. The van der Waals surface area contributed by atoms with Gasteiger partial charge in [0.25, 0.3) is 0 Å². The Kier molecular flexibility index (Phi) is 9.67. The van der Waals surface area contributed by atoms with Crippen LogP contribution in [0.4, 0.5) is 34.1 Å². The fourth-order valence-corrected chi connectivity index (χ4v) is 12.4. The van der Waals surface area contributed by atoms with Crippen molar-refractivity contribution in [2.75, 3.05) is 9.80 Å². The third-order valence-electron chi connectivity index (χ3n) is 16.0. The molecular formula is C68H54N2O2. The van der Waals surface area contributed by atoms with Crippen LogP contribution in [0.2, 0.25) is 0 Å². The molecule has 2 aromatic heterocycles. The summed E-state index contributed by atoms with van der Waals surface area (Å²) in [7, 11) is 0. The van der Waals surface area contributed by atoms with Crippen molar-refractivity contribution >= 4 is 73.1 Å². The predicted molar refractivity (Wildman–Crippen MR) is 298 cm³/mol. The molecule has 4 nitrogen and oxygen atoms in total. The Morgan fingerprint density at radius 2 is 0.958 bits per heavy atom. The Morgan fingerprint density at radius 1 is 0.472 bits per heavy atom. The van der Waals surface area contributed by atoms with Gasteiger partial charge in [-0.25, -0.2) is 0 Å². The molecule has 2 heterocycles. The van der Waals surface area contributed by atoms with Crippen LogP contribution in [0.15, 0.2) is 221 Å². The maximum absolute atomic E-state index is 7.60. The van der Waals surface area contributed by atoms with Gasteiger partial charge in [0.05, 0.1) is 16.8 Å². The molecule has 0 radical (unpaired) electrons. The van der Waals surface area contributed by atoms with E-state index in [1.807, 2.05) is 0 Å². The summed E-state index contributed by atoms with van der Waals surface area (Å²) >= 11 is 0. The molecule has 0 bridgehead atoms. The first-order valence-corrected chi connectivity index (χ1v) is 25.7. The average Bonchev–Trinajstić information content (AvgIpc) is 3.83. The molecule has 348 valence electrons. The Hall–Kier alpha value is -8.34. The van der Waals surface area contributed by atoms with E-state index >= 15 is 0 Å². The van der Waals surface area contributed by atoms with Gasteiger partial charge in [0.15, 0.2) is 5.58 Å². The number of anilines is 6. The molecule has 14 rings (SSSR count). The fourth-order valence-electron chi connectivity index (χ4n) is 12.4. The smallest absolute Gasteiger partial charge is 0.160 e. The zero-order valence-electron chi connectivity index (χ0n) is 41.0. The average molecular weight is 931 g/mol. The topological polar surface area (TPSA) is 32.8 Å².